The molecule has 0 spiro atoms. The average molecular weight is 424 g/mol. The number of pyridine rings is 1. The number of carbonyl (C=O) groups excluding carboxylic acids is 1. The third-order valence-electron chi connectivity index (χ3n) is 5.03. The summed E-state index contributed by atoms with van der Waals surface area (Å²) >= 11 is 0. The highest BCUT2D eigenvalue weighted by molar-refractivity contribution is 5.82. The Labute approximate surface area is 179 Å². The van der Waals surface area contributed by atoms with Crippen LogP contribution >= 0.6 is 0 Å². The largest absolute Gasteiger partial charge is 0.459 e. The number of ether oxygens (including phenoxy) is 1. The lowest BCUT2D eigenvalue weighted by atomic mass is 9.97. The van der Waals surface area contributed by atoms with Gasteiger partial charge in [0.15, 0.2) is 0 Å². The second-order valence-electron chi connectivity index (χ2n) is 7.62. The molecular weight excluding hydrogens is 386 g/mol. The molecule has 5 atom stereocenters. The standard InChI is InChI=1S/C18H32O6.C5H5N/c1-2-3-5-8-13-9-6-4-7-10-14(19)17(22)18(23)15(20)11-12-16(21)24-13;1-2-4-6-5-3-1/h11-15,17-20,22-23H,2-10H2,1H3;1-5H/b12-11+;/t13-,14-,15-,17+,18-;/m1./s1. The molecule has 0 saturated heterocycles. The Balaban J connectivity index is 0.000000637. The zero-order valence-electron chi connectivity index (χ0n) is 17.8. The third kappa shape index (κ3) is 11.4. The van der Waals surface area contributed by atoms with Crippen molar-refractivity contribution >= 4 is 5.97 Å². The van der Waals surface area contributed by atoms with Gasteiger partial charge in [-0.25, -0.2) is 4.79 Å². The SMILES string of the molecule is CCCCC[C@@H]1CCCCC[C@@H](O)[C@H](O)[C@H](O)[C@H](O)/C=C/C(=O)O1.c1ccncc1. The van der Waals surface area contributed by atoms with Crippen LogP contribution in [0.1, 0.15) is 64.7 Å². The predicted octanol–water partition coefficient (Wildman–Crippen LogP) is 2.52. The lowest BCUT2D eigenvalue weighted by Crippen LogP contribution is -2.43. The first-order chi connectivity index (χ1) is 14.5. The summed E-state index contributed by atoms with van der Waals surface area (Å²) in [7, 11) is 0. The van der Waals surface area contributed by atoms with Gasteiger partial charge >= 0.3 is 5.97 Å². The van der Waals surface area contributed by atoms with Crippen LogP contribution in [0.2, 0.25) is 0 Å². The fourth-order valence-electron chi connectivity index (χ4n) is 3.19. The normalized spacial score (nSPS) is 29.6. The van der Waals surface area contributed by atoms with E-state index in [1.54, 1.807) is 12.4 Å². The molecule has 1 aromatic heterocycles. The molecule has 0 bridgehead atoms. The summed E-state index contributed by atoms with van der Waals surface area (Å²) < 4.78 is 5.44. The smallest absolute Gasteiger partial charge is 0.330 e. The van der Waals surface area contributed by atoms with E-state index in [4.69, 9.17) is 4.74 Å². The van der Waals surface area contributed by atoms with Gasteiger partial charge in [0.05, 0.1) is 6.10 Å². The Hall–Kier alpha value is -1.80. The zero-order chi connectivity index (χ0) is 22.2. The Morgan fingerprint density at radius 1 is 0.967 bits per heavy atom. The van der Waals surface area contributed by atoms with E-state index < -0.39 is 30.4 Å². The van der Waals surface area contributed by atoms with Crippen molar-refractivity contribution in [1.82, 2.24) is 4.98 Å². The number of esters is 1. The molecule has 170 valence electrons. The molecular formula is C23H37NO6. The minimum absolute atomic E-state index is 0.144. The molecule has 0 amide bonds. The molecule has 30 heavy (non-hydrogen) atoms. The van der Waals surface area contributed by atoms with Gasteiger partial charge in [0.25, 0.3) is 0 Å². The minimum Gasteiger partial charge on any atom is -0.459 e. The van der Waals surface area contributed by atoms with Crippen LogP contribution in [0.15, 0.2) is 42.7 Å². The number of aliphatic hydroxyl groups excluding tert-OH is 4. The Bertz CT molecular complexity index is 556. The van der Waals surface area contributed by atoms with E-state index in [0.29, 0.717) is 12.8 Å². The van der Waals surface area contributed by atoms with Gasteiger partial charge < -0.3 is 25.2 Å². The number of cyclic esters (lactones) is 1. The van der Waals surface area contributed by atoms with Crippen molar-refractivity contribution in [2.24, 2.45) is 0 Å². The maximum Gasteiger partial charge on any atom is 0.330 e. The van der Waals surface area contributed by atoms with E-state index >= 15 is 0 Å². The summed E-state index contributed by atoms with van der Waals surface area (Å²) in [5.41, 5.74) is 0. The second kappa shape index (κ2) is 16.0. The molecule has 2 rings (SSSR count). The molecule has 7 heteroatoms. The first kappa shape index (κ1) is 26.2. The molecule has 0 radical (unpaired) electrons. The number of hydrogen-bond donors (Lipinski definition) is 4. The maximum absolute atomic E-state index is 11.9. The predicted molar refractivity (Wildman–Crippen MR) is 115 cm³/mol. The fourth-order valence-corrected chi connectivity index (χ4v) is 3.19. The van der Waals surface area contributed by atoms with Crippen LogP contribution in [0.3, 0.4) is 0 Å². The number of aromatic nitrogens is 1. The van der Waals surface area contributed by atoms with E-state index in [9.17, 15) is 25.2 Å². The van der Waals surface area contributed by atoms with Gasteiger partial charge in [0, 0.05) is 18.5 Å². The van der Waals surface area contributed by atoms with E-state index in [1.165, 1.54) is 0 Å². The highest BCUT2D eigenvalue weighted by Crippen LogP contribution is 2.18. The summed E-state index contributed by atoms with van der Waals surface area (Å²) in [5.74, 6) is -0.560. The Kier molecular flexibility index (Phi) is 14.0. The van der Waals surface area contributed by atoms with Crippen molar-refractivity contribution in [2.45, 2.75) is 95.2 Å². The van der Waals surface area contributed by atoms with Crippen LogP contribution in [0.25, 0.3) is 0 Å². The van der Waals surface area contributed by atoms with E-state index in [0.717, 1.165) is 57.1 Å². The van der Waals surface area contributed by atoms with Crippen molar-refractivity contribution in [3.63, 3.8) is 0 Å². The molecule has 1 aliphatic rings. The molecule has 2 heterocycles. The van der Waals surface area contributed by atoms with Gasteiger partial charge in [-0.15, -0.1) is 0 Å². The molecule has 1 aromatic rings. The van der Waals surface area contributed by atoms with Crippen molar-refractivity contribution < 1.29 is 30.0 Å². The van der Waals surface area contributed by atoms with Gasteiger partial charge in [-0.05, 0) is 50.3 Å². The van der Waals surface area contributed by atoms with Gasteiger partial charge in [0.1, 0.15) is 24.4 Å². The highest BCUT2D eigenvalue weighted by Gasteiger charge is 2.29. The first-order valence-corrected chi connectivity index (χ1v) is 10.9. The number of nitrogens with zero attached hydrogens (tertiary/aromatic N) is 1. The molecule has 4 N–H and O–H groups in total. The van der Waals surface area contributed by atoms with Crippen LogP contribution < -0.4 is 0 Å². The maximum atomic E-state index is 11.9. The molecule has 0 unspecified atom stereocenters. The lowest BCUT2D eigenvalue weighted by Gasteiger charge is -2.25. The fraction of sp³-hybridized carbons (Fsp3) is 0.652. The zero-order valence-corrected chi connectivity index (χ0v) is 17.8. The van der Waals surface area contributed by atoms with Crippen molar-refractivity contribution in [1.29, 1.82) is 0 Å². The molecule has 7 nitrogen and oxygen atoms in total. The van der Waals surface area contributed by atoms with Gasteiger partial charge in [0.2, 0.25) is 0 Å². The molecule has 0 saturated carbocycles. The second-order valence-corrected chi connectivity index (χ2v) is 7.62. The number of carbonyl (C=O) groups is 1. The van der Waals surface area contributed by atoms with E-state index in [2.05, 4.69) is 11.9 Å². The van der Waals surface area contributed by atoms with Crippen molar-refractivity contribution in [2.75, 3.05) is 0 Å². The summed E-state index contributed by atoms with van der Waals surface area (Å²) in [5, 5.41) is 39.4. The van der Waals surface area contributed by atoms with Gasteiger partial charge in [-0.2, -0.15) is 0 Å². The minimum atomic E-state index is -1.55. The monoisotopic (exact) mass is 423 g/mol. The van der Waals surface area contributed by atoms with Gasteiger partial charge in [-0.3, -0.25) is 4.98 Å². The van der Waals surface area contributed by atoms with Crippen LogP contribution in [0.5, 0.6) is 0 Å². The van der Waals surface area contributed by atoms with E-state index in [1.807, 2.05) is 18.2 Å². The number of aliphatic hydroxyl groups is 4. The Morgan fingerprint density at radius 2 is 1.67 bits per heavy atom. The van der Waals surface area contributed by atoms with Crippen LogP contribution in [-0.2, 0) is 9.53 Å². The third-order valence-corrected chi connectivity index (χ3v) is 5.03. The van der Waals surface area contributed by atoms with Crippen molar-refractivity contribution in [3.8, 4) is 0 Å². The number of rotatable bonds is 4. The first-order valence-electron chi connectivity index (χ1n) is 10.9. The van der Waals surface area contributed by atoms with Crippen molar-refractivity contribution in [3.05, 3.63) is 42.7 Å². The average Bonchev–Trinajstić information content (AvgIpc) is 2.77. The number of unbranched alkanes of at least 4 members (excludes halogenated alkanes) is 2. The highest BCUT2D eigenvalue weighted by atomic mass is 16.5. The lowest BCUT2D eigenvalue weighted by molar-refractivity contribution is -0.144. The van der Waals surface area contributed by atoms with Gasteiger partial charge in [-0.1, -0.05) is 38.7 Å². The van der Waals surface area contributed by atoms with Crippen LogP contribution in [0, 0.1) is 0 Å². The van der Waals surface area contributed by atoms with Crippen LogP contribution in [0.4, 0.5) is 0 Å². The quantitative estimate of drug-likeness (QED) is 0.434. The molecule has 0 aromatic carbocycles. The van der Waals surface area contributed by atoms with E-state index in [-0.39, 0.29) is 6.10 Å². The molecule has 0 aliphatic carbocycles. The number of hydrogen-bond acceptors (Lipinski definition) is 7. The molecule has 0 fully saturated rings. The summed E-state index contributed by atoms with van der Waals surface area (Å²) in [4.78, 5) is 15.7. The summed E-state index contributed by atoms with van der Waals surface area (Å²) in [6.45, 7) is 2.12. The topological polar surface area (TPSA) is 120 Å². The molecule has 1 aliphatic heterocycles. The summed E-state index contributed by atoms with van der Waals surface area (Å²) in [6, 6.07) is 5.72. The summed E-state index contributed by atoms with van der Waals surface area (Å²) in [6.07, 6.45) is 7.56. The van der Waals surface area contributed by atoms with Crippen LogP contribution in [-0.4, -0.2) is 61.9 Å². The Morgan fingerprint density at radius 3 is 2.27 bits per heavy atom.